The zero-order chi connectivity index (χ0) is 21.9. The van der Waals surface area contributed by atoms with Crippen molar-refractivity contribution >= 4 is 27.5 Å². The van der Waals surface area contributed by atoms with Crippen LogP contribution in [-0.2, 0) is 9.84 Å². The van der Waals surface area contributed by atoms with Crippen LogP contribution in [0.4, 0.5) is 6.01 Å². The second-order valence-electron chi connectivity index (χ2n) is 7.96. The quantitative estimate of drug-likeness (QED) is 0.598. The third-order valence-corrected chi connectivity index (χ3v) is 6.84. The molecule has 0 aliphatic carbocycles. The fourth-order valence-electron chi connectivity index (χ4n) is 3.35. The van der Waals surface area contributed by atoms with E-state index in [0.29, 0.717) is 24.4 Å². The van der Waals surface area contributed by atoms with Gasteiger partial charge in [-0.2, -0.15) is 4.98 Å². The maximum Gasteiger partial charge on any atom is 0.324 e. The average Bonchev–Trinajstić information content (AvgIpc) is 3.18. The van der Waals surface area contributed by atoms with E-state index in [1.165, 1.54) is 6.07 Å². The molecule has 0 N–H and O–H groups in total. The van der Waals surface area contributed by atoms with Crippen LogP contribution in [-0.4, -0.2) is 68.5 Å². The molecule has 1 aliphatic rings. The third kappa shape index (κ3) is 5.65. The first-order valence-electron chi connectivity index (χ1n) is 10.1. The maximum absolute atomic E-state index is 11.6. The van der Waals surface area contributed by atoms with Gasteiger partial charge in [0.15, 0.2) is 15.7 Å². The molecule has 1 atom stereocenters. The predicted octanol–water partition coefficient (Wildman–Crippen LogP) is 3.23. The second-order valence-corrected chi connectivity index (χ2v) is 10.4. The number of rotatable bonds is 8. The van der Waals surface area contributed by atoms with Crippen LogP contribution in [0.3, 0.4) is 0 Å². The van der Waals surface area contributed by atoms with Gasteiger partial charge in [-0.05, 0) is 25.5 Å². The molecular weight excluding hydrogens is 428 g/mol. The van der Waals surface area contributed by atoms with Gasteiger partial charge >= 0.3 is 6.01 Å². The Bertz CT molecular complexity index is 955. The van der Waals surface area contributed by atoms with E-state index in [1.54, 1.807) is 12.1 Å². The molecule has 30 heavy (non-hydrogen) atoms. The maximum atomic E-state index is 11.6. The number of nitrogens with zero attached hydrogens (tertiary/aromatic N) is 4. The first kappa shape index (κ1) is 22.8. The van der Waals surface area contributed by atoms with Crippen LogP contribution in [0.1, 0.15) is 38.9 Å². The minimum Gasteiger partial charge on any atom is -0.493 e. The molecule has 3 rings (SSSR count). The molecule has 8 nitrogen and oxygen atoms in total. The topological polar surface area (TPSA) is 88.8 Å². The molecule has 10 heteroatoms. The van der Waals surface area contributed by atoms with Crippen molar-refractivity contribution in [3.8, 4) is 5.75 Å². The third-order valence-electron chi connectivity index (χ3n) is 5.26. The Morgan fingerprint density at radius 2 is 1.90 bits per heavy atom. The average molecular weight is 457 g/mol. The van der Waals surface area contributed by atoms with Gasteiger partial charge in [-0.1, -0.05) is 30.6 Å². The number of halogens is 1. The summed E-state index contributed by atoms with van der Waals surface area (Å²) in [6.45, 7) is 10.3. The van der Waals surface area contributed by atoms with E-state index in [-0.39, 0.29) is 15.8 Å². The Kier molecular flexibility index (Phi) is 7.26. The monoisotopic (exact) mass is 456 g/mol. The first-order chi connectivity index (χ1) is 14.1. The number of hydrogen-bond acceptors (Lipinski definition) is 8. The molecule has 1 aromatic carbocycles. The van der Waals surface area contributed by atoms with Crippen molar-refractivity contribution in [3.63, 3.8) is 0 Å². The molecule has 1 saturated heterocycles. The molecule has 166 valence electrons. The highest BCUT2D eigenvalue weighted by atomic mass is 35.5. The van der Waals surface area contributed by atoms with Crippen molar-refractivity contribution in [2.45, 2.75) is 44.0 Å². The van der Waals surface area contributed by atoms with Gasteiger partial charge in [0.2, 0.25) is 0 Å². The highest BCUT2D eigenvalue weighted by molar-refractivity contribution is 7.90. The summed E-state index contributed by atoms with van der Waals surface area (Å²) in [5.74, 6) is 1.56. The van der Waals surface area contributed by atoms with E-state index in [4.69, 9.17) is 20.9 Å². The molecule has 0 saturated carbocycles. The van der Waals surface area contributed by atoms with E-state index in [9.17, 15) is 8.42 Å². The SMILES string of the molecule is CC(C)c1noc(N2CCN(C(C)CCOc3ccc(S(C)(=O)=O)c(Cl)c3)CC2)n1. The molecule has 0 radical (unpaired) electrons. The summed E-state index contributed by atoms with van der Waals surface area (Å²) >= 11 is 6.07. The summed E-state index contributed by atoms with van der Waals surface area (Å²) in [7, 11) is -3.34. The number of benzene rings is 1. The smallest absolute Gasteiger partial charge is 0.324 e. The van der Waals surface area contributed by atoms with Crippen molar-refractivity contribution in [2.24, 2.45) is 0 Å². The molecule has 1 unspecified atom stereocenters. The lowest BCUT2D eigenvalue weighted by atomic mass is 10.2. The number of hydrogen-bond donors (Lipinski definition) is 0. The fourth-order valence-corrected chi connectivity index (χ4v) is 4.66. The number of aromatic nitrogens is 2. The molecular formula is C20H29ClN4O4S. The Morgan fingerprint density at radius 3 is 2.47 bits per heavy atom. The van der Waals surface area contributed by atoms with E-state index in [0.717, 1.165) is 44.7 Å². The summed E-state index contributed by atoms with van der Waals surface area (Å²) in [5, 5.41) is 4.22. The van der Waals surface area contributed by atoms with Gasteiger partial charge in [0.05, 0.1) is 16.5 Å². The van der Waals surface area contributed by atoms with Gasteiger partial charge in [-0.15, -0.1) is 0 Å². The van der Waals surface area contributed by atoms with Crippen LogP contribution in [0.25, 0.3) is 0 Å². The Hall–Kier alpha value is -1.84. The van der Waals surface area contributed by atoms with E-state index < -0.39 is 9.84 Å². The van der Waals surface area contributed by atoms with Crippen LogP contribution in [0.15, 0.2) is 27.6 Å². The summed E-state index contributed by atoms with van der Waals surface area (Å²) in [6, 6.07) is 5.63. The number of sulfone groups is 1. The summed E-state index contributed by atoms with van der Waals surface area (Å²) in [5.41, 5.74) is 0. The zero-order valence-corrected chi connectivity index (χ0v) is 19.4. The summed E-state index contributed by atoms with van der Waals surface area (Å²) < 4.78 is 34.5. The van der Waals surface area contributed by atoms with Crippen LogP contribution in [0.5, 0.6) is 5.75 Å². The zero-order valence-electron chi connectivity index (χ0n) is 17.8. The van der Waals surface area contributed by atoms with Crippen molar-refractivity contribution in [2.75, 3.05) is 43.9 Å². The molecule has 0 bridgehead atoms. The highest BCUT2D eigenvalue weighted by Gasteiger charge is 2.24. The van der Waals surface area contributed by atoms with Crippen molar-refractivity contribution < 1.29 is 17.7 Å². The second kappa shape index (κ2) is 9.53. The van der Waals surface area contributed by atoms with E-state index in [2.05, 4.69) is 26.9 Å². The van der Waals surface area contributed by atoms with Crippen LogP contribution < -0.4 is 9.64 Å². The minimum absolute atomic E-state index is 0.115. The Labute approximate surface area is 183 Å². The van der Waals surface area contributed by atoms with Gasteiger partial charge in [-0.25, -0.2) is 8.42 Å². The van der Waals surface area contributed by atoms with E-state index >= 15 is 0 Å². The first-order valence-corrected chi connectivity index (χ1v) is 12.4. The standard InChI is InChI=1S/C20H29ClN4O4S/c1-14(2)19-22-20(29-23-19)25-10-8-24(9-11-25)15(3)7-12-28-16-5-6-18(17(21)13-16)30(4,26)27/h5-6,13-15H,7-12H2,1-4H3. The Morgan fingerprint density at radius 1 is 1.20 bits per heavy atom. The van der Waals surface area contributed by atoms with Gasteiger partial charge in [0, 0.05) is 50.5 Å². The fraction of sp³-hybridized carbons (Fsp3) is 0.600. The molecule has 0 spiro atoms. The number of ether oxygens (including phenoxy) is 1. The lowest BCUT2D eigenvalue weighted by molar-refractivity contribution is 0.163. The van der Waals surface area contributed by atoms with Gasteiger partial charge < -0.3 is 14.2 Å². The van der Waals surface area contributed by atoms with Gasteiger partial charge in [-0.3, -0.25) is 4.90 Å². The molecule has 1 fully saturated rings. The van der Waals surface area contributed by atoms with Crippen molar-refractivity contribution in [1.29, 1.82) is 0 Å². The molecule has 0 amide bonds. The van der Waals surface area contributed by atoms with Crippen molar-refractivity contribution in [3.05, 3.63) is 29.0 Å². The van der Waals surface area contributed by atoms with Gasteiger partial charge in [0.1, 0.15) is 5.75 Å². The Balaban J connectivity index is 1.45. The van der Waals surface area contributed by atoms with Crippen LogP contribution in [0.2, 0.25) is 5.02 Å². The molecule has 2 aromatic rings. The van der Waals surface area contributed by atoms with Crippen LogP contribution >= 0.6 is 11.6 Å². The minimum atomic E-state index is -3.34. The predicted molar refractivity (Wildman–Crippen MR) is 116 cm³/mol. The number of anilines is 1. The lowest BCUT2D eigenvalue weighted by Crippen LogP contribution is -2.50. The molecule has 1 aromatic heterocycles. The molecule has 2 heterocycles. The lowest BCUT2D eigenvalue weighted by Gasteiger charge is -2.37. The van der Waals surface area contributed by atoms with Crippen molar-refractivity contribution in [1.82, 2.24) is 15.0 Å². The largest absolute Gasteiger partial charge is 0.493 e. The normalized spacial score (nSPS) is 16.8. The summed E-state index contributed by atoms with van der Waals surface area (Å²) in [6.07, 6.45) is 1.99. The molecule has 1 aliphatic heterocycles. The van der Waals surface area contributed by atoms with Crippen LogP contribution in [0, 0.1) is 0 Å². The van der Waals surface area contributed by atoms with Gasteiger partial charge in [0.25, 0.3) is 0 Å². The summed E-state index contributed by atoms with van der Waals surface area (Å²) in [4.78, 5) is 9.14. The highest BCUT2D eigenvalue weighted by Crippen LogP contribution is 2.26. The van der Waals surface area contributed by atoms with E-state index in [1.807, 2.05) is 13.8 Å². The number of piperazine rings is 1.